The van der Waals surface area contributed by atoms with Gasteiger partial charge in [0.25, 0.3) is 0 Å². The smallest absolute Gasteiger partial charge is 0.226 e. The Balaban J connectivity index is 1.61. The third-order valence-corrected chi connectivity index (χ3v) is 5.52. The molecule has 0 radical (unpaired) electrons. The van der Waals surface area contributed by atoms with Crippen molar-refractivity contribution >= 4 is 28.2 Å². The summed E-state index contributed by atoms with van der Waals surface area (Å²) in [6.45, 7) is 7.95. The first-order valence-corrected chi connectivity index (χ1v) is 10.1. The number of nitrogens with one attached hydrogen (secondary N) is 1. The fourth-order valence-electron chi connectivity index (χ4n) is 3.10. The summed E-state index contributed by atoms with van der Waals surface area (Å²) in [4.78, 5) is 30.3. The predicted molar refractivity (Wildman–Crippen MR) is 115 cm³/mol. The van der Waals surface area contributed by atoms with Gasteiger partial charge in [0.05, 0.1) is 5.69 Å². The van der Waals surface area contributed by atoms with Crippen molar-refractivity contribution in [3.8, 4) is 11.3 Å². The molecule has 0 spiro atoms. The number of Topliss-reactive ketones (excluding diaryl/α,β-unsaturated/α-hetero) is 1. The third kappa shape index (κ3) is 4.73. The molecule has 1 amide bonds. The van der Waals surface area contributed by atoms with Gasteiger partial charge in [0.2, 0.25) is 5.91 Å². The molecule has 0 fully saturated rings. The molecule has 1 heterocycles. The Hall–Kier alpha value is -2.79. The molecule has 0 unspecified atom stereocenters. The number of aryl methyl sites for hydroxylation is 4. The highest BCUT2D eigenvalue weighted by molar-refractivity contribution is 7.16. The van der Waals surface area contributed by atoms with Gasteiger partial charge >= 0.3 is 0 Å². The zero-order chi connectivity index (χ0) is 20.3. The van der Waals surface area contributed by atoms with Crippen LogP contribution in [-0.2, 0) is 4.79 Å². The highest BCUT2D eigenvalue weighted by Gasteiger charge is 2.15. The maximum Gasteiger partial charge on any atom is 0.226 e. The number of carbonyl (C=O) groups is 2. The molecule has 0 bridgehead atoms. The van der Waals surface area contributed by atoms with Crippen molar-refractivity contribution < 1.29 is 9.59 Å². The van der Waals surface area contributed by atoms with Crippen LogP contribution in [0.1, 0.15) is 44.8 Å². The molecule has 0 aliphatic heterocycles. The second kappa shape index (κ2) is 8.48. The highest BCUT2D eigenvalue weighted by atomic mass is 32.1. The summed E-state index contributed by atoms with van der Waals surface area (Å²) in [6.07, 6.45) is 0.329. The minimum atomic E-state index is -0.192. The van der Waals surface area contributed by atoms with Crippen LogP contribution in [0.5, 0.6) is 0 Å². The quantitative estimate of drug-likeness (QED) is 0.552. The average Bonchev–Trinajstić information content (AvgIpc) is 3.00. The zero-order valence-corrected chi connectivity index (χ0v) is 17.4. The number of hydrogen-bond acceptors (Lipinski definition) is 4. The first kappa shape index (κ1) is 20.0. The topological polar surface area (TPSA) is 59.1 Å². The van der Waals surface area contributed by atoms with E-state index in [1.165, 1.54) is 16.9 Å². The predicted octanol–water partition coefficient (Wildman–Crippen LogP) is 5.65. The first-order chi connectivity index (χ1) is 13.3. The molecule has 1 N–H and O–H groups in total. The van der Waals surface area contributed by atoms with E-state index in [2.05, 4.69) is 10.3 Å². The van der Waals surface area contributed by atoms with Crippen LogP contribution < -0.4 is 5.32 Å². The van der Waals surface area contributed by atoms with E-state index in [-0.39, 0.29) is 24.5 Å². The Morgan fingerprint density at radius 1 is 0.929 bits per heavy atom. The fourth-order valence-corrected chi connectivity index (χ4v) is 3.95. The molecule has 4 nitrogen and oxygen atoms in total. The standard InChI is InChI=1S/C23H24N2O2S/c1-14-5-8-18(9-6-14)22-17(4)28-23(25-22)24-21(27)12-11-20(26)19-10-7-15(2)13-16(19)3/h5-10,13H,11-12H2,1-4H3,(H,24,25,27). The first-order valence-electron chi connectivity index (χ1n) is 9.28. The number of anilines is 1. The number of aromatic nitrogens is 1. The molecule has 0 atom stereocenters. The molecule has 2 aromatic carbocycles. The van der Waals surface area contributed by atoms with Crippen molar-refractivity contribution in [2.75, 3.05) is 5.32 Å². The Morgan fingerprint density at radius 3 is 2.29 bits per heavy atom. The van der Waals surface area contributed by atoms with E-state index in [0.717, 1.165) is 27.3 Å². The van der Waals surface area contributed by atoms with Crippen molar-refractivity contribution in [2.24, 2.45) is 0 Å². The van der Waals surface area contributed by atoms with Crippen LogP contribution in [0, 0.1) is 27.7 Å². The SMILES string of the molecule is Cc1ccc(-c2nc(NC(=O)CCC(=O)c3ccc(C)cc3C)sc2C)cc1. The summed E-state index contributed by atoms with van der Waals surface area (Å²) in [5, 5.41) is 3.40. The molecule has 5 heteroatoms. The molecule has 0 saturated carbocycles. The van der Waals surface area contributed by atoms with E-state index in [1.54, 1.807) is 0 Å². The van der Waals surface area contributed by atoms with Gasteiger partial charge in [-0.15, -0.1) is 11.3 Å². The monoisotopic (exact) mass is 392 g/mol. The number of ketones is 1. The molecule has 144 valence electrons. The van der Waals surface area contributed by atoms with Gasteiger partial charge in [-0.25, -0.2) is 4.98 Å². The zero-order valence-electron chi connectivity index (χ0n) is 16.6. The van der Waals surface area contributed by atoms with Gasteiger partial charge < -0.3 is 5.32 Å². The van der Waals surface area contributed by atoms with E-state index >= 15 is 0 Å². The molecular formula is C23H24N2O2S. The van der Waals surface area contributed by atoms with Gasteiger partial charge in [-0.05, 0) is 33.3 Å². The Bertz CT molecular complexity index is 1020. The van der Waals surface area contributed by atoms with E-state index < -0.39 is 0 Å². The number of amides is 1. The maximum absolute atomic E-state index is 12.4. The molecule has 1 aromatic heterocycles. The Kier molecular flexibility index (Phi) is 6.05. The normalized spacial score (nSPS) is 10.7. The van der Waals surface area contributed by atoms with Crippen LogP contribution in [-0.4, -0.2) is 16.7 Å². The summed E-state index contributed by atoms with van der Waals surface area (Å²) in [5.74, 6) is -0.203. The van der Waals surface area contributed by atoms with Crippen molar-refractivity contribution in [1.29, 1.82) is 0 Å². The van der Waals surface area contributed by atoms with Gasteiger partial charge in [-0.1, -0.05) is 53.6 Å². The third-order valence-electron chi connectivity index (χ3n) is 4.63. The number of thiazole rings is 1. The van der Waals surface area contributed by atoms with Crippen molar-refractivity contribution in [2.45, 2.75) is 40.5 Å². The molecule has 3 aromatic rings. The molecular weight excluding hydrogens is 368 g/mol. The van der Waals surface area contributed by atoms with E-state index in [9.17, 15) is 9.59 Å². The van der Waals surface area contributed by atoms with Crippen molar-refractivity contribution in [3.63, 3.8) is 0 Å². The fraction of sp³-hybridized carbons (Fsp3) is 0.261. The lowest BCUT2D eigenvalue weighted by Crippen LogP contribution is -2.13. The molecule has 3 rings (SSSR count). The van der Waals surface area contributed by atoms with Crippen LogP contribution >= 0.6 is 11.3 Å². The summed E-state index contributed by atoms with van der Waals surface area (Å²) >= 11 is 1.45. The number of rotatable bonds is 6. The summed E-state index contributed by atoms with van der Waals surface area (Å²) in [7, 11) is 0. The lowest BCUT2D eigenvalue weighted by atomic mass is 9.99. The summed E-state index contributed by atoms with van der Waals surface area (Å²) < 4.78 is 0. The van der Waals surface area contributed by atoms with Gasteiger partial charge in [0.1, 0.15) is 0 Å². The molecule has 0 saturated heterocycles. The van der Waals surface area contributed by atoms with Crippen LogP contribution in [0.4, 0.5) is 5.13 Å². The largest absolute Gasteiger partial charge is 0.302 e. The van der Waals surface area contributed by atoms with E-state index in [4.69, 9.17) is 0 Å². The van der Waals surface area contributed by atoms with Crippen LogP contribution in [0.25, 0.3) is 11.3 Å². The molecule has 0 aliphatic carbocycles. The summed E-state index contributed by atoms with van der Waals surface area (Å²) in [5.41, 5.74) is 5.86. The van der Waals surface area contributed by atoms with Crippen LogP contribution in [0.3, 0.4) is 0 Å². The highest BCUT2D eigenvalue weighted by Crippen LogP contribution is 2.30. The lowest BCUT2D eigenvalue weighted by molar-refractivity contribution is -0.116. The maximum atomic E-state index is 12.4. The van der Waals surface area contributed by atoms with E-state index in [1.807, 2.05) is 70.2 Å². The minimum absolute atomic E-state index is 0.0108. The average molecular weight is 393 g/mol. The van der Waals surface area contributed by atoms with Gasteiger partial charge in [0, 0.05) is 28.8 Å². The van der Waals surface area contributed by atoms with Gasteiger partial charge in [-0.3, -0.25) is 9.59 Å². The Labute approximate surface area is 169 Å². The van der Waals surface area contributed by atoms with Crippen LogP contribution in [0.2, 0.25) is 0 Å². The van der Waals surface area contributed by atoms with E-state index in [0.29, 0.717) is 10.7 Å². The minimum Gasteiger partial charge on any atom is -0.302 e. The van der Waals surface area contributed by atoms with Crippen molar-refractivity contribution in [3.05, 3.63) is 69.6 Å². The summed E-state index contributed by atoms with van der Waals surface area (Å²) in [6, 6.07) is 13.9. The van der Waals surface area contributed by atoms with Gasteiger partial charge in [0.15, 0.2) is 10.9 Å². The number of carbonyl (C=O) groups excluding carboxylic acids is 2. The number of nitrogens with zero attached hydrogens (tertiary/aromatic N) is 1. The molecule has 28 heavy (non-hydrogen) atoms. The number of benzene rings is 2. The number of hydrogen-bond donors (Lipinski definition) is 1. The lowest BCUT2D eigenvalue weighted by Gasteiger charge is -2.06. The van der Waals surface area contributed by atoms with Gasteiger partial charge in [-0.2, -0.15) is 0 Å². The van der Waals surface area contributed by atoms with Crippen LogP contribution in [0.15, 0.2) is 42.5 Å². The second-order valence-corrected chi connectivity index (χ2v) is 8.28. The Morgan fingerprint density at radius 2 is 1.61 bits per heavy atom. The second-order valence-electron chi connectivity index (χ2n) is 7.08. The molecule has 0 aliphatic rings. The van der Waals surface area contributed by atoms with Crippen molar-refractivity contribution in [1.82, 2.24) is 4.98 Å².